The van der Waals surface area contributed by atoms with Crippen molar-refractivity contribution in [3.63, 3.8) is 0 Å². The summed E-state index contributed by atoms with van der Waals surface area (Å²) in [4.78, 5) is 0. The number of ether oxygens (including phenoxy) is 2. The number of rotatable bonds is 6. The summed E-state index contributed by atoms with van der Waals surface area (Å²) in [7, 11) is 1.39. The second-order valence-electron chi connectivity index (χ2n) is 6.00. The van der Waals surface area contributed by atoms with Gasteiger partial charge in [-0.2, -0.15) is 0 Å². The summed E-state index contributed by atoms with van der Waals surface area (Å²) < 4.78 is 59.5. The first-order chi connectivity index (χ1) is 13.3. The summed E-state index contributed by atoms with van der Waals surface area (Å²) in [5.41, 5.74) is 3.04. The van der Waals surface area contributed by atoms with E-state index in [4.69, 9.17) is 4.74 Å². The maximum absolute atomic E-state index is 13.9. The molecule has 0 atom stereocenters. The molecule has 3 aromatic rings. The van der Waals surface area contributed by atoms with E-state index in [0.29, 0.717) is 12.1 Å². The highest BCUT2D eigenvalue weighted by molar-refractivity contribution is 5.64. The predicted octanol–water partition coefficient (Wildman–Crippen LogP) is 6.07. The monoisotopic (exact) mass is 391 g/mol. The largest absolute Gasteiger partial charge is 0.573 e. The van der Waals surface area contributed by atoms with Crippen LogP contribution in [0.3, 0.4) is 0 Å². The fourth-order valence-corrected chi connectivity index (χ4v) is 2.72. The Hall–Kier alpha value is -3.22. The van der Waals surface area contributed by atoms with Crippen LogP contribution in [-0.4, -0.2) is 13.5 Å². The van der Waals surface area contributed by atoms with Gasteiger partial charge in [0.1, 0.15) is 5.75 Å². The van der Waals surface area contributed by atoms with Crippen LogP contribution >= 0.6 is 0 Å². The van der Waals surface area contributed by atoms with Crippen molar-refractivity contribution in [3.8, 4) is 11.5 Å². The molecule has 0 saturated heterocycles. The highest BCUT2D eigenvalue weighted by Crippen LogP contribution is 2.28. The van der Waals surface area contributed by atoms with Crippen molar-refractivity contribution in [3.05, 3.63) is 83.7 Å². The third-order valence-electron chi connectivity index (χ3n) is 4.00. The summed E-state index contributed by atoms with van der Waals surface area (Å²) in [5, 5.41) is 3.16. The van der Waals surface area contributed by atoms with Gasteiger partial charge in [0.2, 0.25) is 0 Å². The normalized spacial score (nSPS) is 11.2. The third-order valence-corrected chi connectivity index (χ3v) is 4.00. The lowest BCUT2D eigenvalue weighted by atomic mass is 10.0. The van der Waals surface area contributed by atoms with Gasteiger partial charge in [-0.1, -0.05) is 30.3 Å². The molecular formula is C21H17F4NO2. The van der Waals surface area contributed by atoms with Gasteiger partial charge in [-0.25, -0.2) is 4.39 Å². The Balaban J connectivity index is 1.76. The molecule has 0 bridgehead atoms. The zero-order valence-corrected chi connectivity index (χ0v) is 14.9. The highest BCUT2D eigenvalue weighted by atomic mass is 19.4. The van der Waals surface area contributed by atoms with E-state index in [9.17, 15) is 17.6 Å². The van der Waals surface area contributed by atoms with Crippen LogP contribution in [0.5, 0.6) is 11.5 Å². The van der Waals surface area contributed by atoms with Crippen molar-refractivity contribution in [2.24, 2.45) is 0 Å². The van der Waals surface area contributed by atoms with Gasteiger partial charge in [0.05, 0.1) is 7.11 Å². The van der Waals surface area contributed by atoms with E-state index in [1.807, 2.05) is 24.3 Å². The minimum atomic E-state index is -4.72. The molecule has 28 heavy (non-hydrogen) atoms. The van der Waals surface area contributed by atoms with Crippen molar-refractivity contribution < 1.29 is 27.0 Å². The van der Waals surface area contributed by atoms with Crippen LogP contribution in [0.15, 0.2) is 66.7 Å². The smallest absolute Gasteiger partial charge is 0.494 e. The fourth-order valence-electron chi connectivity index (χ4n) is 2.72. The summed E-state index contributed by atoms with van der Waals surface area (Å²) in [6, 6.07) is 17.7. The van der Waals surface area contributed by atoms with Crippen molar-refractivity contribution in [2.75, 3.05) is 12.4 Å². The SMILES string of the molecule is COc1ccc(Nc2ccccc2Cc2ccc(OC(F)(F)F)cc2)cc1F. The molecule has 0 unspecified atom stereocenters. The number of methoxy groups -OCH3 is 1. The molecule has 3 rings (SSSR count). The Morgan fingerprint density at radius 3 is 2.29 bits per heavy atom. The molecule has 7 heteroatoms. The molecular weight excluding hydrogens is 374 g/mol. The van der Waals surface area contributed by atoms with E-state index < -0.39 is 12.2 Å². The van der Waals surface area contributed by atoms with Crippen LogP contribution in [0.25, 0.3) is 0 Å². The first kappa shape index (κ1) is 19.5. The Labute approximate surface area is 159 Å². The maximum Gasteiger partial charge on any atom is 0.573 e. The Kier molecular flexibility index (Phi) is 5.73. The van der Waals surface area contributed by atoms with Gasteiger partial charge < -0.3 is 14.8 Å². The Bertz CT molecular complexity index is 940. The number of anilines is 2. The summed E-state index contributed by atoms with van der Waals surface area (Å²) in [6.45, 7) is 0. The quantitative estimate of drug-likeness (QED) is 0.518. The number of halogens is 4. The lowest BCUT2D eigenvalue weighted by Gasteiger charge is -2.14. The van der Waals surface area contributed by atoms with Crippen LogP contribution in [0.2, 0.25) is 0 Å². The first-order valence-corrected chi connectivity index (χ1v) is 8.37. The average Bonchev–Trinajstić information content (AvgIpc) is 2.64. The average molecular weight is 391 g/mol. The van der Waals surface area contributed by atoms with Crippen LogP contribution in [0.4, 0.5) is 28.9 Å². The third kappa shape index (κ3) is 5.16. The minimum absolute atomic E-state index is 0.153. The molecule has 0 aliphatic carbocycles. The zero-order valence-electron chi connectivity index (χ0n) is 14.9. The Morgan fingerprint density at radius 2 is 1.64 bits per heavy atom. The second kappa shape index (κ2) is 8.21. The summed E-state index contributed by atoms with van der Waals surface area (Å²) in [5.74, 6) is -0.596. The van der Waals surface area contributed by atoms with Crippen molar-refractivity contribution >= 4 is 11.4 Å². The van der Waals surface area contributed by atoms with Crippen LogP contribution in [-0.2, 0) is 6.42 Å². The lowest BCUT2D eigenvalue weighted by molar-refractivity contribution is -0.274. The van der Waals surface area contributed by atoms with Gasteiger partial charge in [-0.15, -0.1) is 13.2 Å². The van der Waals surface area contributed by atoms with Crippen molar-refractivity contribution in [2.45, 2.75) is 12.8 Å². The maximum atomic E-state index is 13.9. The first-order valence-electron chi connectivity index (χ1n) is 8.37. The van der Waals surface area contributed by atoms with E-state index in [-0.39, 0.29) is 11.5 Å². The molecule has 3 nitrogen and oxygen atoms in total. The number of hydrogen-bond acceptors (Lipinski definition) is 3. The van der Waals surface area contributed by atoms with E-state index in [1.54, 1.807) is 18.2 Å². The number of benzene rings is 3. The minimum Gasteiger partial charge on any atom is -0.494 e. The van der Waals surface area contributed by atoms with Crippen molar-refractivity contribution in [1.82, 2.24) is 0 Å². The topological polar surface area (TPSA) is 30.5 Å². The van der Waals surface area contributed by atoms with Gasteiger partial charge in [0.15, 0.2) is 11.6 Å². The van der Waals surface area contributed by atoms with Crippen LogP contribution < -0.4 is 14.8 Å². The number of para-hydroxylation sites is 1. The molecule has 0 saturated carbocycles. The molecule has 0 fully saturated rings. The van der Waals surface area contributed by atoms with E-state index in [1.165, 1.54) is 31.4 Å². The molecule has 0 spiro atoms. The molecule has 146 valence electrons. The standard InChI is InChI=1S/C21H17F4NO2/c1-27-20-11-8-16(13-18(20)22)26-19-5-3-2-4-15(19)12-14-6-9-17(10-7-14)28-21(23,24)25/h2-11,13,26H,12H2,1H3. The van der Waals surface area contributed by atoms with E-state index in [2.05, 4.69) is 10.1 Å². The predicted molar refractivity (Wildman–Crippen MR) is 98.6 cm³/mol. The van der Waals surface area contributed by atoms with E-state index in [0.717, 1.165) is 16.8 Å². The second-order valence-corrected chi connectivity index (χ2v) is 6.00. The van der Waals surface area contributed by atoms with E-state index >= 15 is 0 Å². The van der Waals surface area contributed by atoms with Gasteiger partial charge >= 0.3 is 6.36 Å². The summed E-state index contributed by atoms with van der Waals surface area (Å²) in [6.07, 6.45) is -4.24. The van der Waals surface area contributed by atoms with Gasteiger partial charge in [0, 0.05) is 17.4 Å². The molecule has 0 radical (unpaired) electrons. The molecule has 0 aliphatic heterocycles. The highest BCUT2D eigenvalue weighted by Gasteiger charge is 2.30. The zero-order chi connectivity index (χ0) is 20.1. The molecule has 0 amide bonds. The molecule has 0 aliphatic rings. The lowest BCUT2D eigenvalue weighted by Crippen LogP contribution is -2.17. The molecule has 0 heterocycles. The number of nitrogens with one attached hydrogen (secondary N) is 1. The van der Waals surface area contributed by atoms with Crippen LogP contribution in [0, 0.1) is 5.82 Å². The molecule has 3 aromatic carbocycles. The Morgan fingerprint density at radius 1 is 0.929 bits per heavy atom. The molecule has 1 N–H and O–H groups in total. The number of alkyl halides is 3. The van der Waals surface area contributed by atoms with Gasteiger partial charge in [0.25, 0.3) is 0 Å². The fraction of sp³-hybridized carbons (Fsp3) is 0.143. The molecule has 0 aromatic heterocycles. The van der Waals surface area contributed by atoms with Gasteiger partial charge in [-0.3, -0.25) is 0 Å². The van der Waals surface area contributed by atoms with Crippen molar-refractivity contribution in [1.29, 1.82) is 0 Å². The number of hydrogen-bond donors (Lipinski definition) is 1. The van der Waals surface area contributed by atoms with Crippen LogP contribution in [0.1, 0.15) is 11.1 Å². The van der Waals surface area contributed by atoms with Gasteiger partial charge in [-0.05, 0) is 47.9 Å². The summed E-state index contributed by atoms with van der Waals surface area (Å²) >= 11 is 0.